The van der Waals surface area contributed by atoms with Gasteiger partial charge in [0.05, 0.1) is 22.8 Å². The Kier molecular flexibility index (Phi) is 5.38. The smallest absolute Gasteiger partial charge is 0.150 e. The van der Waals surface area contributed by atoms with Gasteiger partial charge in [-0.15, -0.1) is 8.58 Å². The highest BCUT2D eigenvalue weighted by atomic mass is 35.5. The second-order valence-electron chi connectivity index (χ2n) is 6.88. The molecule has 0 bridgehead atoms. The normalized spacial score (nSPS) is 26.4. The number of hydrogen-bond acceptors (Lipinski definition) is 3. The maximum Gasteiger partial charge on any atom is 0.150 e. The maximum atomic E-state index is 6.41. The van der Waals surface area contributed by atoms with Crippen molar-refractivity contribution in [2.45, 2.75) is 51.0 Å². The molecule has 3 nitrogen and oxygen atoms in total. The molecule has 4 unspecified atom stereocenters. The first-order valence-electron chi connectivity index (χ1n) is 8.96. The van der Waals surface area contributed by atoms with E-state index in [4.69, 9.17) is 32.5 Å². The van der Waals surface area contributed by atoms with Crippen molar-refractivity contribution in [1.29, 1.82) is 0 Å². The van der Waals surface area contributed by atoms with Crippen molar-refractivity contribution in [3.8, 4) is 11.3 Å². The third kappa shape index (κ3) is 3.62. The van der Waals surface area contributed by atoms with Gasteiger partial charge >= 0.3 is 0 Å². The van der Waals surface area contributed by atoms with Crippen LogP contribution in [0.3, 0.4) is 0 Å². The van der Waals surface area contributed by atoms with E-state index in [1.165, 1.54) is 25.4 Å². The molecule has 2 fully saturated rings. The first-order chi connectivity index (χ1) is 12.2. The lowest BCUT2D eigenvalue weighted by Gasteiger charge is -2.19. The van der Waals surface area contributed by atoms with E-state index in [2.05, 4.69) is 12.1 Å². The zero-order chi connectivity index (χ0) is 17.4. The van der Waals surface area contributed by atoms with Gasteiger partial charge in [-0.3, -0.25) is 0 Å². The predicted octanol–water partition coefficient (Wildman–Crippen LogP) is 6.48. The van der Waals surface area contributed by atoms with Crippen molar-refractivity contribution in [1.82, 2.24) is 5.16 Å². The number of rotatable bonds is 6. The van der Waals surface area contributed by atoms with E-state index in [1.54, 1.807) is 0 Å². The summed E-state index contributed by atoms with van der Waals surface area (Å²) in [5.74, 6) is 1.63. The van der Waals surface area contributed by atoms with Crippen LogP contribution in [0.5, 0.6) is 0 Å². The van der Waals surface area contributed by atoms with E-state index >= 15 is 0 Å². The number of nitrogens with zero attached hydrogens (tertiary/aromatic N) is 1. The lowest BCUT2D eigenvalue weighted by atomic mass is 10.0. The van der Waals surface area contributed by atoms with Gasteiger partial charge in [-0.2, -0.15) is 0 Å². The maximum absolute atomic E-state index is 6.41. The van der Waals surface area contributed by atoms with Gasteiger partial charge in [0.15, 0.2) is 0 Å². The number of halogens is 2. The number of hydrogen-bond donors (Lipinski definition) is 0. The average Bonchev–Trinajstić information content (AvgIpc) is 3.20. The fraction of sp³-hybridized carbons (Fsp3) is 0.526. The van der Waals surface area contributed by atoms with E-state index < -0.39 is 0 Å². The summed E-state index contributed by atoms with van der Waals surface area (Å²) in [6, 6.07) is 5.52. The van der Waals surface area contributed by atoms with Crippen molar-refractivity contribution in [3.63, 3.8) is 0 Å². The Morgan fingerprint density at radius 1 is 1.28 bits per heavy atom. The largest absolute Gasteiger partial charge is 0.373 e. The van der Waals surface area contributed by atoms with Crippen LogP contribution in [0.4, 0.5) is 0 Å². The summed E-state index contributed by atoms with van der Waals surface area (Å²) in [6.07, 6.45) is 6.36. The molecular formula is C19H22Cl2NO2P. The Balaban J connectivity index is 1.65. The third-order valence-electron chi connectivity index (χ3n) is 5.30. The molecule has 134 valence electrons. The van der Waals surface area contributed by atoms with Crippen LogP contribution in [-0.4, -0.2) is 17.4 Å². The molecule has 1 saturated carbocycles. The van der Waals surface area contributed by atoms with Gasteiger partial charge in [0.1, 0.15) is 11.5 Å². The van der Waals surface area contributed by atoms with Gasteiger partial charge in [0.25, 0.3) is 0 Å². The van der Waals surface area contributed by atoms with Crippen LogP contribution in [-0.2, 0) is 11.3 Å². The Morgan fingerprint density at radius 3 is 2.72 bits per heavy atom. The van der Waals surface area contributed by atoms with Crippen LogP contribution in [0, 0.1) is 5.92 Å². The third-order valence-corrected chi connectivity index (χ3v) is 7.01. The van der Waals surface area contributed by atoms with Gasteiger partial charge in [-0.1, -0.05) is 54.2 Å². The monoisotopic (exact) mass is 397 g/mol. The quantitative estimate of drug-likeness (QED) is 0.523. The molecule has 4 atom stereocenters. The summed E-state index contributed by atoms with van der Waals surface area (Å²) in [5, 5.41) is 5.53. The average molecular weight is 398 g/mol. The second-order valence-corrected chi connectivity index (χ2v) is 9.21. The van der Waals surface area contributed by atoms with Crippen molar-refractivity contribution in [2.75, 3.05) is 6.16 Å². The molecule has 2 aliphatic rings. The van der Waals surface area contributed by atoms with E-state index in [0.29, 0.717) is 34.3 Å². The lowest BCUT2D eigenvalue weighted by molar-refractivity contribution is 0.0146. The molecule has 4 rings (SSSR count). The highest BCUT2D eigenvalue weighted by molar-refractivity contribution is 7.47. The van der Waals surface area contributed by atoms with Crippen molar-refractivity contribution < 1.29 is 9.26 Å². The Bertz CT molecular complexity index is 740. The van der Waals surface area contributed by atoms with E-state index in [9.17, 15) is 0 Å². The van der Waals surface area contributed by atoms with Crippen LogP contribution in [0.1, 0.15) is 49.6 Å². The van der Waals surface area contributed by atoms with Gasteiger partial charge in [0, 0.05) is 16.8 Å². The van der Waals surface area contributed by atoms with Crippen molar-refractivity contribution >= 4 is 31.8 Å². The molecule has 1 aliphatic carbocycles. The summed E-state index contributed by atoms with van der Waals surface area (Å²) in [7, 11) is 0.915. The summed E-state index contributed by atoms with van der Waals surface area (Å²) in [4.78, 5) is 0. The highest BCUT2D eigenvalue weighted by Gasteiger charge is 2.34. The Morgan fingerprint density at radius 2 is 2.04 bits per heavy atom. The molecule has 0 N–H and O–H groups in total. The number of aromatic nitrogens is 1. The molecule has 0 amide bonds. The summed E-state index contributed by atoms with van der Waals surface area (Å²) >= 11 is 12.8. The summed E-state index contributed by atoms with van der Waals surface area (Å²) in [5.41, 5.74) is 3.02. The van der Waals surface area contributed by atoms with Crippen LogP contribution >= 0.6 is 31.8 Å². The first kappa shape index (κ1) is 17.8. The van der Waals surface area contributed by atoms with Crippen LogP contribution in [0.25, 0.3) is 11.3 Å². The van der Waals surface area contributed by atoms with Crippen LogP contribution < -0.4 is 0 Å². The standard InChI is InChI=1S/C19H22Cl2NO2P/c1-2-11-5-3-8-15(11)23-9-12-18(22-24-19(12)16-10-25-16)17-13(20)6-4-7-14(17)21/h4,6-7,11,15-16,25H,2-3,5,8-10H2,1H3. The zero-order valence-corrected chi connectivity index (χ0v) is 16.7. The van der Waals surface area contributed by atoms with Crippen molar-refractivity contribution in [3.05, 3.63) is 39.6 Å². The molecule has 1 aliphatic heterocycles. The molecule has 2 heterocycles. The van der Waals surface area contributed by atoms with E-state index in [1.807, 2.05) is 18.2 Å². The SMILES string of the molecule is CCC1CCCC1OCc1c(-c2c(Cl)cccc2Cl)noc1C1CP1. The predicted molar refractivity (Wildman–Crippen MR) is 104 cm³/mol. The molecule has 0 spiro atoms. The molecule has 1 aromatic heterocycles. The molecule has 1 aromatic carbocycles. The number of ether oxygens (including phenoxy) is 1. The molecule has 0 radical (unpaired) electrons. The first-order valence-corrected chi connectivity index (χ1v) is 11.0. The molecule has 1 saturated heterocycles. The fourth-order valence-corrected chi connectivity index (χ4v) is 5.07. The van der Waals surface area contributed by atoms with E-state index in [-0.39, 0.29) is 0 Å². The molecular weight excluding hydrogens is 376 g/mol. The number of benzene rings is 1. The second kappa shape index (κ2) is 7.56. The highest BCUT2D eigenvalue weighted by Crippen LogP contribution is 2.55. The summed E-state index contributed by atoms with van der Waals surface area (Å²) < 4.78 is 12.0. The van der Waals surface area contributed by atoms with Gasteiger partial charge in [-0.05, 0) is 37.1 Å². The molecule has 25 heavy (non-hydrogen) atoms. The molecule has 6 heteroatoms. The summed E-state index contributed by atoms with van der Waals surface area (Å²) in [6.45, 7) is 2.77. The Hall–Kier alpha value is -0.600. The van der Waals surface area contributed by atoms with Gasteiger partial charge in [0.2, 0.25) is 0 Å². The molecule has 2 aromatic rings. The van der Waals surface area contributed by atoms with Gasteiger partial charge < -0.3 is 9.26 Å². The van der Waals surface area contributed by atoms with Crippen LogP contribution in [0.2, 0.25) is 10.0 Å². The minimum absolute atomic E-state index is 0.337. The van der Waals surface area contributed by atoms with Crippen LogP contribution in [0.15, 0.2) is 22.7 Å². The van der Waals surface area contributed by atoms with Crippen molar-refractivity contribution in [2.24, 2.45) is 5.92 Å². The topological polar surface area (TPSA) is 35.3 Å². The Labute approximate surface area is 160 Å². The fourth-order valence-electron chi connectivity index (χ4n) is 3.78. The minimum atomic E-state index is 0.337. The van der Waals surface area contributed by atoms with E-state index in [0.717, 1.165) is 37.6 Å². The zero-order valence-electron chi connectivity index (χ0n) is 14.2. The minimum Gasteiger partial charge on any atom is -0.373 e. The van der Waals surface area contributed by atoms with Gasteiger partial charge in [-0.25, -0.2) is 0 Å². The lowest BCUT2D eigenvalue weighted by Crippen LogP contribution is -2.17.